The van der Waals surface area contributed by atoms with Crippen LogP contribution in [0.15, 0.2) is 75.9 Å². The standard InChI is InChI=1S/C29H33ClN6O/c1-5-19(4)27(33-17-23-16-32-18-34-23)35-28-20(6-2)13-25(29(37)36(28)7-3)24-11-10-21(14-26(24)30)22-9-8-12-31-15-22/h6,9-11,13-16,18,33H,5,7-8,12,17H2,1-4H3,(H,32,34)/b20-6-,27-19+,35-28+. The largest absolute Gasteiger partial charge is 0.364 e. The number of rotatable bonds is 8. The van der Waals surface area contributed by atoms with E-state index in [1.54, 1.807) is 17.4 Å². The Morgan fingerprint density at radius 3 is 2.78 bits per heavy atom. The Morgan fingerprint density at radius 1 is 1.32 bits per heavy atom. The van der Waals surface area contributed by atoms with E-state index in [2.05, 4.69) is 33.3 Å². The van der Waals surface area contributed by atoms with Crippen LogP contribution < -0.4 is 5.32 Å². The molecular formula is C29H33ClN6O. The van der Waals surface area contributed by atoms with Gasteiger partial charge < -0.3 is 10.3 Å². The van der Waals surface area contributed by atoms with Gasteiger partial charge in [0.05, 0.1) is 18.6 Å². The van der Waals surface area contributed by atoms with Crippen molar-refractivity contribution in [3.8, 4) is 0 Å². The van der Waals surface area contributed by atoms with Crippen molar-refractivity contribution < 1.29 is 4.79 Å². The van der Waals surface area contributed by atoms with E-state index < -0.39 is 0 Å². The Bertz CT molecular complexity index is 1340. The number of hydrogen-bond donors (Lipinski definition) is 2. The number of carbonyl (C=O) groups excluding carboxylic acids is 1. The molecule has 7 nitrogen and oxygen atoms in total. The number of benzene rings is 1. The monoisotopic (exact) mass is 516 g/mol. The molecule has 2 aliphatic rings. The van der Waals surface area contributed by atoms with Gasteiger partial charge in [0.25, 0.3) is 5.91 Å². The smallest absolute Gasteiger partial charge is 0.260 e. The summed E-state index contributed by atoms with van der Waals surface area (Å²) >= 11 is 6.74. The fourth-order valence-electron chi connectivity index (χ4n) is 4.24. The number of hydrogen-bond acceptors (Lipinski definition) is 5. The number of halogens is 1. The van der Waals surface area contributed by atoms with Crippen LogP contribution in [0.1, 0.15) is 57.4 Å². The van der Waals surface area contributed by atoms with Gasteiger partial charge >= 0.3 is 0 Å². The van der Waals surface area contributed by atoms with Gasteiger partial charge in [-0.15, -0.1) is 0 Å². The number of dihydropyridines is 1. The van der Waals surface area contributed by atoms with E-state index in [1.807, 2.05) is 57.3 Å². The molecule has 2 aliphatic heterocycles. The molecule has 0 aliphatic carbocycles. The van der Waals surface area contributed by atoms with E-state index in [-0.39, 0.29) is 5.91 Å². The summed E-state index contributed by atoms with van der Waals surface area (Å²) in [5.74, 6) is 1.25. The number of imidazole rings is 1. The Hall–Kier alpha value is -3.71. The first-order chi connectivity index (χ1) is 18.0. The maximum atomic E-state index is 13.7. The average Bonchev–Trinajstić information content (AvgIpc) is 3.45. The van der Waals surface area contributed by atoms with E-state index in [9.17, 15) is 4.79 Å². The van der Waals surface area contributed by atoms with Crippen LogP contribution in [-0.4, -0.2) is 45.9 Å². The quantitative estimate of drug-likeness (QED) is 0.455. The third-order valence-corrected chi connectivity index (χ3v) is 6.83. The van der Waals surface area contributed by atoms with Gasteiger partial charge in [-0.25, -0.2) is 9.98 Å². The van der Waals surface area contributed by atoms with Gasteiger partial charge in [0.2, 0.25) is 0 Å². The zero-order valence-corrected chi connectivity index (χ0v) is 22.6. The lowest BCUT2D eigenvalue weighted by molar-refractivity contribution is -0.121. The van der Waals surface area contributed by atoms with Crippen LogP contribution in [0, 0.1) is 0 Å². The molecule has 3 heterocycles. The highest BCUT2D eigenvalue weighted by Crippen LogP contribution is 2.33. The van der Waals surface area contributed by atoms with Crippen LogP contribution in [0.25, 0.3) is 11.1 Å². The molecule has 0 saturated carbocycles. The number of aromatic nitrogens is 2. The SMILES string of the molecule is C/C=C1/C=C(c2ccc(C3=CCCN=C3)cc2Cl)C(=O)N(CC)/C1=N/C(NCc1cnc[nH]1)=C(\C)CC. The molecule has 37 heavy (non-hydrogen) atoms. The molecule has 0 saturated heterocycles. The van der Waals surface area contributed by atoms with Crippen LogP contribution >= 0.6 is 11.6 Å². The van der Waals surface area contributed by atoms with E-state index >= 15 is 0 Å². The highest BCUT2D eigenvalue weighted by atomic mass is 35.5. The van der Waals surface area contributed by atoms with Crippen LogP contribution in [0.4, 0.5) is 0 Å². The van der Waals surface area contributed by atoms with Crippen molar-refractivity contribution in [2.75, 3.05) is 13.1 Å². The zero-order valence-electron chi connectivity index (χ0n) is 21.8. The van der Waals surface area contributed by atoms with Gasteiger partial charge in [0.15, 0.2) is 0 Å². The Balaban J connectivity index is 1.71. The summed E-state index contributed by atoms with van der Waals surface area (Å²) in [7, 11) is 0. The minimum absolute atomic E-state index is 0.123. The van der Waals surface area contributed by atoms with Gasteiger partial charge in [-0.2, -0.15) is 0 Å². The maximum absolute atomic E-state index is 13.7. The summed E-state index contributed by atoms with van der Waals surface area (Å²) in [6.07, 6.45) is 13.1. The van der Waals surface area contributed by atoms with Crippen molar-refractivity contribution >= 4 is 40.7 Å². The molecule has 0 bridgehead atoms. The van der Waals surface area contributed by atoms with Crippen LogP contribution in [0.2, 0.25) is 5.02 Å². The first-order valence-electron chi connectivity index (χ1n) is 12.7. The van der Waals surface area contributed by atoms with E-state index in [0.717, 1.165) is 53.2 Å². The molecule has 4 rings (SSSR count). The number of H-pyrrole nitrogens is 1. The minimum atomic E-state index is -0.123. The number of allylic oxidation sites excluding steroid dienone is 3. The van der Waals surface area contributed by atoms with Gasteiger partial charge in [-0.1, -0.05) is 42.8 Å². The summed E-state index contributed by atoms with van der Waals surface area (Å²) in [5, 5.41) is 3.95. The number of aromatic amines is 1. The minimum Gasteiger partial charge on any atom is -0.364 e. The predicted octanol–water partition coefficient (Wildman–Crippen LogP) is 5.94. The molecule has 2 aromatic rings. The molecule has 0 spiro atoms. The summed E-state index contributed by atoms with van der Waals surface area (Å²) < 4.78 is 0. The second-order valence-electron chi connectivity index (χ2n) is 8.88. The Morgan fingerprint density at radius 2 is 2.16 bits per heavy atom. The summed E-state index contributed by atoms with van der Waals surface area (Å²) in [4.78, 5) is 32.0. The molecule has 1 aromatic heterocycles. The third-order valence-electron chi connectivity index (χ3n) is 6.52. The normalized spacial score (nSPS) is 18.7. The van der Waals surface area contributed by atoms with Crippen LogP contribution in [0.3, 0.4) is 0 Å². The third kappa shape index (κ3) is 5.83. The lowest BCUT2D eigenvalue weighted by Gasteiger charge is -2.30. The van der Waals surface area contributed by atoms with E-state index in [1.165, 1.54) is 0 Å². The van der Waals surface area contributed by atoms with Crippen molar-refractivity contribution in [3.63, 3.8) is 0 Å². The van der Waals surface area contributed by atoms with Crippen molar-refractivity contribution in [3.05, 3.63) is 87.8 Å². The Kier molecular flexibility index (Phi) is 8.56. The number of nitrogens with zero attached hydrogens (tertiary/aromatic N) is 4. The van der Waals surface area contributed by atoms with E-state index in [4.69, 9.17) is 16.6 Å². The fourth-order valence-corrected chi connectivity index (χ4v) is 4.52. The van der Waals surface area contributed by atoms with Crippen molar-refractivity contribution in [1.82, 2.24) is 20.2 Å². The molecule has 2 N–H and O–H groups in total. The topological polar surface area (TPSA) is 85.7 Å². The lowest BCUT2D eigenvalue weighted by Crippen LogP contribution is -2.41. The van der Waals surface area contributed by atoms with Gasteiger partial charge in [0, 0.05) is 47.2 Å². The van der Waals surface area contributed by atoms with Crippen molar-refractivity contribution in [2.45, 2.75) is 47.1 Å². The zero-order chi connectivity index (χ0) is 26.4. The van der Waals surface area contributed by atoms with Crippen LogP contribution in [-0.2, 0) is 11.3 Å². The number of carbonyl (C=O) groups is 1. The molecular weight excluding hydrogens is 484 g/mol. The predicted molar refractivity (Wildman–Crippen MR) is 152 cm³/mol. The molecule has 0 unspecified atom stereocenters. The van der Waals surface area contributed by atoms with Crippen molar-refractivity contribution in [2.24, 2.45) is 9.98 Å². The van der Waals surface area contributed by atoms with Gasteiger partial charge in [-0.3, -0.25) is 14.7 Å². The van der Waals surface area contributed by atoms with E-state index in [0.29, 0.717) is 35.1 Å². The number of amidine groups is 1. The number of aliphatic imine (C=N–C) groups is 2. The maximum Gasteiger partial charge on any atom is 0.260 e. The number of amides is 1. The fraction of sp³-hybridized carbons (Fsp3) is 0.310. The first kappa shape index (κ1) is 26.4. The molecule has 1 amide bonds. The summed E-state index contributed by atoms with van der Waals surface area (Å²) in [5.41, 5.74) is 6.22. The van der Waals surface area contributed by atoms with Crippen LogP contribution in [0.5, 0.6) is 0 Å². The molecule has 0 radical (unpaired) electrons. The lowest BCUT2D eigenvalue weighted by atomic mass is 9.94. The first-order valence-corrected chi connectivity index (χ1v) is 13.0. The Labute approximate surface area is 223 Å². The second kappa shape index (κ2) is 12.0. The summed E-state index contributed by atoms with van der Waals surface area (Å²) in [6, 6.07) is 5.83. The molecule has 1 aromatic carbocycles. The summed E-state index contributed by atoms with van der Waals surface area (Å²) in [6.45, 7) is 9.89. The van der Waals surface area contributed by atoms with Gasteiger partial charge in [-0.05, 0) is 62.5 Å². The average molecular weight is 517 g/mol. The molecule has 0 fully saturated rings. The van der Waals surface area contributed by atoms with Gasteiger partial charge in [0.1, 0.15) is 11.7 Å². The molecule has 192 valence electrons. The highest BCUT2D eigenvalue weighted by molar-refractivity contribution is 6.37. The second-order valence-corrected chi connectivity index (χ2v) is 9.28. The number of nitrogens with one attached hydrogen (secondary N) is 2. The molecule has 0 atom stereocenters. The highest BCUT2D eigenvalue weighted by Gasteiger charge is 2.31. The molecule has 8 heteroatoms. The van der Waals surface area contributed by atoms with Crippen molar-refractivity contribution in [1.29, 1.82) is 0 Å². The number of likely N-dealkylation sites (N-methyl/N-ethyl adjacent to an activating group) is 1.